The number of carboxylic acid groups (broad SMARTS) is 2. The number of carboxylic acids is 2. The van der Waals surface area contributed by atoms with E-state index >= 15 is 0 Å². The summed E-state index contributed by atoms with van der Waals surface area (Å²) in [5.74, 6) is -1.87. The first-order valence-corrected chi connectivity index (χ1v) is 3.06. The van der Waals surface area contributed by atoms with Gasteiger partial charge in [0.2, 0.25) is 0 Å². The van der Waals surface area contributed by atoms with Crippen LogP contribution in [0.15, 0.2) is 24.3 Å². The fraction of sp³-hybridized carbons (Fsp3) is 0.250. The molecule has 0 heterocycles. The average molecular weight is 227 g/mol. The first-order chi connectivity index (χ1) is 5.29. The minimum absolute atomic E-state index is 0. The zero-order chi connectivity index (χ0) is 10.3. The summed E-state index contributed by atoms with van der Waals surface area (Å²) < 4.78 is 0. The topological polar surface area (TPSA) is 74.6 Å². The third-order valence-corrected chi connectivity index (χ3v) is 0.730. The maximum absolute atomic E-state index is 9.60. The molecule has 0 saturated heterocycles. The van der Waals surface area contributed by atoms with E-state index < -0.39 is 11.9 Å². The van der Waals surface area contributed by atoms with Crippen LogP contribution in [0.1, 0.15) is 13.8 Å². The van der Waals surface area contributed by atoms with E-state index in [1.54, 1.807) is 0 Å². The largest absolute Gasteiger partial charge is 0.478 e. The van der Waals surface area contributed by atoms with E-state index in [9.17, 15) is 9.59 Å². The Bertz CT molecular complexity index is 172. The second-order valence-electron chi connectivity index (χ2n) is 2.17. The van der Waals surface area contributed by atoms with Gasteiger partial charge in [-0.25, -0.2) is 9.59 Å². The Kier molecular flexibility index (Phi) is 12.4. The van der Waals surface area contributed by atoms with E-state index in [1.807, 2.05) is 0 Å². The molecule has 0 aliphatic rings. The van der Waals surface area contributed by atoms with Crippen LogP contribution in [0.25, 0.3) is 0 Å². The first-order valence-electron chi connectivity index (χ1n) is 3.06. The van der Waals surface area contributed by atoms with E-state index in [0.29, 0.717) is 0 Å². The van der Waals surface area contributed by atoms with Gasteiger partial charge in [-0.2, -0.15) is 0 Å². The van der Waals surface area contributed by atoms with E-state index in [0.717, 1.165) is 0 Å². The Balaban J connectivity index is -0.000000143. The SMILES string of the molecule is C=C(C)C(=O)O.C=C(C)C(=O)O.[Mn]. The van der Waals surface area contributed by atoms with E-state index in [4.69, 9.17) is 10.2 Å². The molecular weight excluding hydrogens is 215 g/mol. The normalized spacial score (nSPS) is 6.92. The van der Waals surface area contributed by atoms with Gasteiger partial charge in [-0.05, 0) is 13.8 Å². The van der Waals surface area contributed by atoms with Crippen LogP contribution in [-0.2, 0) is 26.7 Å². The van der Waals surface area contributed by atoms with Gasteiger partial charge in [0.05, 0.1) is 0 Å². The molecule has 0 saturated carbocycles. The van der Waals surface area contributed by atoms with Gasteiger partial charge in [-0.3, -0.25) is 0 Å². The molecule has 0 rings (SSSR count). The van der Waals surface area contributed by atoms with E-state index in [2.05, 4.69) is 13.2 Å². The van der Waals surface area contributed by atoms with Gasteiger partial charge in [0.1, 0.15) is 0 Å². The molecule has 2 N–H and O–H groups in total. The molecule has 0 atom stereocenters. The Morgan fingerprint density at radius 1 is 0.923 bits per heavy atom. The Hall–Kier alpha value is -1.06. The monoisotopic (exact) mass is 227 g/mol. The van der Waals surface area contributed by atoms with Crippen LogP contribution in [0.3, 0.4) is 0 Å². The van der Waals surface area contributed by atoms with Crippen molar-refractivity contribution in [1.29, 1.82) is 0 Å². The second-order valence-corrected chi connectivity index (χ2v) is 2.17. The number of hydrogen-bond donors (Lipinski definition) is 2. The van der Waals surface area contributed by atoms with Crippen molar-refractivity contribution in [2.75, 3.05) is 0 Å². The maximum atomic E-state index is 9.60. The molecule has 13 heavy (non-hydrogen) atoms. The van der Waals surface area contributed by atoms with Gasteiger partial charge in [0.25, 0.3) is 0 Å². The van der Waals surface area contributed by atoms with Crippen LogP contribution in [0.2, 0.25) is 0 Å². The molecule has 0 aromatic rings. The van der Waals surface area contributed by atoms with Crippen molar-refractivity contribution in [3.8, 4) is 0 Å². The van der Waals surface area contributed by atoms with Crippen LogP contribution in [0, 0.1) is 0 Å². The molecule has 0 aliphatic carbocycles. The number of rotatable bonds is 2. The fourth-order valence-corrected chi connectivity index (χ4v) is 0. The van der Waals surface area contributed by atoms with Crippen LogP contribution in [0.4, 0.5) is 0 Å². The molecule has 0 bridgehead atoms. The standard InChI is InChI=1S/2C4H6O2.Mn/c2*1-3(2)4(5)6;/h2*1H2,2H3,(H,5,6);. The molecule has 0 spiro atoms. The molecule has 0 aliphatic heterocycles. The molecular formula is C8H12MnO4. The molecule has 0 unspecified atom stereocenters. The molecule has 0 aromatic carbocycles. The smallest absolute Gasteiger partial charge is 0.330 e. The first kappa shape index (κ1) is 17.9. The summed E-state index contributed by atoms with van der Waals surface area (Å²) in [6.45, 7) is 9.20. The number of aliphatic carboxylic acids is 2. The summed E-state index contributed by atoms with van der Waals surface area (Å²) in [5, 5.41) is 15.8. The Labute approximate surface area is 87.4 Å². The Morgan fingerprint density at radius 3 is 1.00 bits per heavy atom. The molecule has 5 heteroatoms. The summed E-state index contributed by atoms with van der Waals surface area (Å²) in [6, 6.07) is 0. The zero-order valence-corrected chi connectivity index (χ0v) is 8.68. The third-order valence-electron chi connectivity index (χ3n) is 0.730. The molecule has 0 fully saturated rings. The molecule has 0 amide bonds. The van der Waals surface area contributed by atoms with Crippen LogP contribution < -0.4 is 0 Å². The predicted octanol–water partition coefficient (Wildman–Crippen LogP) is 1.29. The molecule has 4 nitrogen and oxygen atoms in total. The van der Waals surface area contributed by atoms with Crippen molar-refractivity contribution in [3.05, 3.63) is 24.3 Å². The van der Waals surface area contributed by atoms with E-state index in [-0.39, 0.29) is 28.2 Å². The summed E-state index contributed by atoms with van der Waals surface area (Å²) in [4.78, 5) is 19.2. The van der Waals surface area contributed by atoms with Crippen molar-refractivity contribution in [1.82, 2.24) is 0 Å². The van der Waals surface area contributed by atoms with Crippen LogP contribution in [-0.4, -0.2) is 22.2 Å². The summed E-state index contributed by atoms with van der Waals surface area (Å²) in [6.07, 6.45) is 0. The quantitative estimate of drug-likeness (QED) is 0.550. The minimum atomic E-state index is -0.935. The predicted molar refractivity (Wildman–Crippen MR) is 44.9 cm³/mol. The van der Waals surface area contributed by atoms with Gasteiger partial charge in [0, 0.05) is 28.2 Å². The van der Waals surface area contributed by atoms with Crippen molar-refractivity contribution in [3.63, 3.8) is 0 Å². The summed E-state index contributed by atoms with van der Waals surface area (Å²) >= 11 is 0. The van der Waals surface area contributed by atoms with Gasteiger partial charge >= 0.3 is 11.9 Å². The van der Waals surface area contributed by atoms with Gasteiger partial charge in [-0.15, -0.1) is 0 Å². The maximum Gasteiger partial charge on any atom is 0.330 e. The van der Waals surface area contributed by atoms with Crippen molar-refractivity contribution < 1.29 is 36.9 Å². The molecule has 1 radical (unpaired) electrons. The second kappa shape index (κ2) is 9.03. The summed E-state index contributed by atoms with van der Waals surface area (Å²) in [5.41, 5.74) is 0.352. The van der Waals surface area contributed by atoms with Crippen molar-refractivity contribution >= 4 is 11.9 Å². The zero-order valence-electron chi connectivity index (χ0n) is 7.50. The van der Waals surface area contributed by atoms with Crippen molar-refractivity contribution in [2.24, 2.45) is 0 Å². The number of hydrogen-bond acceptors (Lipinski definition) is 2. The van der Waals surface area contributed by atoms with Crippen LogP contribution in [0.5, 0.6) is 0 Å². The summed E-state index contributed by atoms with van der Waals surface area (Å²) in [7, 11) is 0. The van der Waals surface area contributed by atoms with Gasteiger partial charge < -0.3 is 10.2 Å². The minimum Gasteiger partial charge on any atom is -0.478 e. The average Bonchev–Trinajstić information content (AvgIpc) is 1.88. The van der Waals surface area contributed by atoms with Gasteiger partial charge in [0.15, 0.2) is 0 Å². The fourth-order valence-electron chi connectivity index (χ4n) is 0. The van der Waals surface area contributed by atoms with Gasteiger partial charge in [-0.1, -0.05) is 13.2 Å². The van der Waals surface area contributed by atoms with E-state index in [1.165, 1.54) is 13.8 Å². The number of carbonyl (C=O) groups is 2. The Morgan fingerprint density at radius 2 is 1.00 bits per heavy atom. The third kappa shape index (κ3) is 18.2. The van der Waals surface area contributed by atoms with Crippen LogP contribution >= 0.6 is 0 Å². The van der Waals surface area contributed by atoms with Crippen molar-refractivity contribution in [2.45, 2.75) is 13.8 Å². The molecule has 75 valence electrons. The molecule has 0 aromatic heterocycles.